The molecule has 3 heteroatoms. The lowest BCUT2D eigenvalue weighted by molar-refractivity contribution is 1.12. The number of hydrogen-bond donors (Lipinski definition) is 1. The fourth-order valence-corrected chi connectivity index (χ4v) is 2.49. The van der Waals surface area contributed by atoms with E-state index in [1.54, 1.807) is 0 Å². The Hall–Kier alpha value is -1.48. The molecule has 0 aliphatic heterocycles. The van der Waals surface area contributed by atoms with Crippen LogP contribution in [0, 0.1) is 6.92 Å². The first kappa shape index (κ1) is 12.0. The molecular weight excluding hydrogens is 228 g/mol. The van der Waals surface area contributed by atoms with E-state index in [1.807, 2.05) is 11.3 Å². The second-order valence-electron chi connectivity index (χ2n) is 4.31. The number of benzene rings is 1. The monoisotopic (exact) mass is 246 g/mol. The highest BCUT2D eigenvalue weighted by Gasteiger charge is 1.99. The van der Waals surface area contributed by atoms with Crippen LogP contribution < -0.4 is 10.2 Å². The number of aryl methyl sites for hydroxylation is 1. The Morgan fingerprint density at radius 1 is 1.18 bits per heavy atom. The highest BCUT2D eigenvalue weighted by molar-refractivity contribution is 7.11. The Bertz CT molecular complexity index is 488. The summed E-state index contributed by atoms with van der Waals surface area (Å²) in [6, 6.07) is 12.8. The lowest BCUT2D eigenvalue weighted by Crippen LogP contribution is -2.08. The van der Waals surface area contributed by atoms with E-state index in [0.717, 1.165) is 6.54 Å². The van der Waals surface area contributed by atoms with Crippen molar-refractivity contribution in [3.63, 3.8) is 0 Å². The van der Waals surface area contributed by atoms with Crippen molar-refractivity contribution in [2.75, 3.05) is 24.3 Å². The number of hydrogen-bond acceptors (Lipinski definition) is 3. The molecule has 0 fully saturated rings. The molecule has 90 valence electrons. The third-order valence-electron chi connectivity index (χ3n) is 2.63. The molecular formula is C14H18N2S. The van der Waals surface area contributed by atoms with Gasteiger partial charge in [-0.25, -0.2) is 0 Å². The standard InChI is InChI=1S/C14H18N2S/c1-11-7-8-14(17-11)10-15-12-5-4-6-13(9-12)16(2)3/h4-9,15H,10H2,1-3H3. The Balaban J connectivity index is 2.01. The Kier molecular flexibility index (Phi) is 3.69. The van der Waals surface area contributed by atoms with Crippen LogP contribution in [0.3, 0.4) is 0 Å². The first-order valence-corrected chi connectivity index (χ1v) is 6.53. The molecule has 0 unspecified atom stereocenters. The van der Waals surface area contributed by atoms with E-state index in [1.165, 1.54) is 21.1 Å². The van der Waals surface area contributed by atoms with Crippen LogP contribution in [-0.2, 0) is 6.54 Å². The summed E-state index contributed by atoms with van der Waals surface area (Å²) in [6.07, 6.45) is 0. The number of anilines is 2. The summed E-state index contributed by atoms with van der Waals surface area (Å²) in [5.74, 6) is 0. The average molecular weight is 246 g/mol. The van der Waals surface area contributed by atoms with Gasteiger partial charge in [-0.05, 0) is 37.3 Å². The Morgan fingerprint density at radius 2 is 2.00 bits per heavy atom. The van der Waals surface area contributed by atoms with Crippen LogP contribution in [0.1, 0.15) is 9.75 Å². The fraction of sp³-hybridized carbons (Fsp3) is 0.286. The molecule has 2 aromatic rings. The summed E-state index contributed by atoms with van der Waals surface area (Å²) >= 11 is 1.84. The van der Waals surface area contributed by atoms with Gasteiger partial charge >= 0.3 is 0 Å². The molecule has 2 rings (SSSR count). The van der Waals surface area contributed by atoms with E-state index in [-0.39, 0.29) is 0 Å². The van der Waals surface area contributed by atoms with Crippen LogP contribution in [0.2, 0.25) is 0 Å². The van der Waals surface area contributed by atoms with Gasteiger partial charge in [-0.15, -0.1) is 11.3 Å². The number of rotatable bonds is 4. The number of nitrogens with one attached hydrogen (secondary N) is 1. The van der Waals surface area contributed by atoms with Crippen LogP contribution in [0.5, 0.6) is 0 Å². The third-order valence-corrected chi connectivity index (χ3v) is 3.63. The minimum Gasteiger partial charge on any atom is -0.380 e. The zero-order valence-electron chi connectivity index (χ0n) is 10.5. The average Bonchev–Trinajstić information content (AvgIpc) is 2.73. The molecule has 0 saturated heterocycles. The van der Waals surface area contributed by atoms with E-state index < -0.39 is 0 Å². The summed E-state index contributed by atoms with van der Waals surface area (Å²) in [7, 11) is 4.11. The van der Waals surface area contributed by atoms with Gasteiger partial charge in [0, 0.05) is 41.8 Å². The Labute approximate surface area is 107 Å². The predicted octanol–water partition coefficient (Wildman–Crippen LogP) is 3.73. The summed E-state index contributed by atoms with van der Waals surface area (Å²) < 4.78 is 0. The number of thiophene rings is 1. The minimum atomic E-state index is 0.898. The van der Waals surface area contributed by atoms with Gasteiger partial charge < -0.3 is 10.2 Å². The molecule has 1 N–H and O–H groups in total. The van der Waals surface area contributed by atoms with Gasteiger partial charge in [0.15, 0.2) is 0 Å². The molecule has 0 spiro atoms. The van der Waals surface area contributed by atoms with E-state index >= 15 is 0 Å². The molecule has 1 heterocycles. The quantitative estimate of drug-likeness (QED) is 0.884. The van der Waals surface area contributed by atoms with Gasteiger partial charge in [0.25, 0.3) is 0 Å². The topological polar surface area (TPSA) is 15.3 Å². The highest BCUT2D eigenvalue weighted by atomic mass is 32.1. The Morgan fingerprint density at radius 3 is 2.65 bits per heavy atom. The zero-order valence-corrected chi connectivity index (χ0v) is 11.3. The van der Waals surface area contributed by atoms with Gasteiger partial charge in [0.1, 0.15) is 0 Å². The van der Waals surface area contributed by atoms with Crippen LogP contribution >= 0.6 is 11.3 Å². The molecule has 0 saturated carbocycles. The maximum absolute atomic E-state index is 3.45. The summed E-state index contributed by atoms with van der Waals surface area (Å²) in [4.78, 5) is 4.85. The van der Waals surface area contributed by atoms with Crippen molar-refractivity contribution >= 4 is 22.7 Å². The fourth-order valence-electron chi connectivity index (χ4n) is 1.66. The highest BCUT2D eigenvalue weighted by Crippen LogP contribution is 2.20. The van der Waals surface area contributed by atoms with Crippen LogP contribution in [0.15, 0.2) is 36.4 Å². The van der Waals surface area contributed by atoms with E-state index in [4.69, 9.17) is 0 Å². The lowest BCUT2D eigenvalue weighted by Gasteiger charge is -2.14. The molecule has 0 aliphatic carbocycles. The summed E-state index contributed by atoms with van der Waals surface area (Å²) in [6.45, 7) is 3.04. The molecule has 0 amide bonds. The first-order valence-electron chi connectivity index (χ1n) is 5.72. The van der Waals surface area contributed by atoms with Crippen molar-refractivity contribution < 1.29 is 0 Å². The molecule has 2 nitrogen and oxygen atoms in total. The molecule has 0 radical (unpaired) electrons. The predicted molar refractivity (Wildman–Crippen MR) is 77.2 cm³/mol. The largest absolute Gasteiger partial charge is 0.380 e. The van der Waals surface area contributed by atoms with Crippen molar-refractivity contribution in [1.82, 2.24) is 0 Å². The smallest absolute Gasteiger partial charge is 0.0494 e. The molecule has 1 aromatic carbocycles. The van der Waals surface area contributed by atoms with Gasteiger partial charge in [-0.1, -0.05) is 6.07 Å². The van der Waals surface area contributed by atoms with Gasteiger partial charge in [-0.2, -0.15) is 0 Å². The van der Waals surface area contributed by atoms with E-state index in [0.29, 0.717) is 0 Å². The van der Waals surface area contributed by atoms with Gasteiger partial charge in [-0.3, -0.25) is 0 Å². The van der Waals surface area contributed by atoms with Crippen LogP contribution in [0.25, 0.3) is 0 Å². The van der Waals surface area contributed by atoms with Gasteiger partial charge in [0.2, 0.25) is 0 Å². The molecule has 1 aromatic heterocycles. The molecule has 0 atom stereocenters. The van der Waals surface area contributed by atoms with Gasteiger partial charge in [0.05, 0.1) is 0 Å². The second-order valence-corrected chi connectivity index (χ2v) is 5.68. The van der Waals surface area contributed by atoms with Crippen molar-refractivity contribution in [1.29, 1.82) is 0 Å². The van der Waals surface area contributed by atoms with E-state index in [2.05, 4.69) is 67.6 Å². The van der Waals surface area contributed by atoms with Crippen molar-refractivity contribution in [2.45, 2.75) is 13.5 Å². The number of nitrogens with zero attached hydrogens (tertiary/aromatic N) is 1. The van der Waals surface area contributed by atoms with Crippen LogP contribution in [0.4, 0.5) is 11.4 Å². The van der Waals surface area contributed by atoms with E-state index in [9.17, 15) is 0 Å². The maximum atomic E-state index is 3.45. The second kappa shape index (κ2) is 5.23. The molecule has 0 bridgehead atoms. The van der Waals surface area contributed by atoms with Crippen molar-refractivity contribution in [3.05, 3.63) is 46.2 Å². The maximum Gasteiger partial charge on any atom is 0.0494 e. The SMILES string of the molecule is Cc1ccc(CNc2cccc(N(C)C)c2)s1. The zero-order chi connectivity index (χ0) is 12.3. The van der Waals surface area contributed by atoms with Crippen LogP contribution in [-0.4, -0.2) is 14.1 Å². The summed E-state index contributed by atoms with van der Waals surface area (Å²) in [5.41, 5.74) is 2.39. The minimum absolute atomic E-state index is 0.898. The van der Waals surface area contributed by atoms with Crippen molar-refractivity contribution in [3.8, 4) is 0 Å². The first-order chi connectivity index (χ1) is 8.15. The molecule has 0 aliphatic rings. The molecule has 17 heavy (non-hydrogen) atoms. The lowest BCUT2D eigenvalue weighted by atomic mass is 10.2. The normalized spacial score (nSPS) is 10.3. The third kappa shape index (κ3) is 3.24. The van der Waals surface area contributed by atoms with Crippen molar-refractivity contribution in [2.24, 2.45) is 0 Å². The summed E-state index contributed by atoms with van der Waals surface area (Å²) in [5, 5.41) is 3.45.